The fraction of sp³-hybridized carbons (Fsp3) is 0.0789. The van der Waals surface area contributed by atoms with E-state index in [-0.39, 0.29) is 0 Å². The van der Waals surface area contributed by atoms with Crippen LogP contribution in [0.5, 0.6) is 0 Å². The number of nitrogens with zero attached hydrogens (tertiary/aromatic N) is 1. The van der Waals surface area contributed by atoms with Crippen molar-refractivity contribution in [1.29, 1.82) is 0 Å². The third-order valence-electron chi connectivity index (χ3n) is 15.5. The van der Waals surface area contributed by atoms with Crippen molar-refractivity contribution in [1.82, 2.24) is 0 Å². The highest BCUT2D eigenvalue weighted by Crippen LogP contribution is 2.60. The lowest BCUT2D eigenvalue weighted by molar-refractivity contribution is 0.764. The molecular formula is C76H61N. The molecule has 0 saturated carbocycles. The third-order valence-corrected chi connectivity index (χ3v) is 15.5. The standard InChI is InChI=1S/C76H61N/c1-4-24-55(32-23-29-54-27-11-7-12-28-54)57-41-46-62(47-42-57)77(63-48-43-58(44-49-63)56-30-13-8-14-31-56)75-53-74-72(69(25-5-2)73(26-6-3)76(74,60-33-15-9-16-34-60)61-35-17-10-18-36-61)52-70(75)59-45-50-68-66-39-20-19-37-64(66)65-38-21-22-40-67(65)71(68)51-59/h5,7-28,30-53H,2,4,6,29H2,1,3H3/b32-23-,55-24+,69-25-,73-26+. The Morgan fingerprint density at radius 3 is 1.55 bits per heavy atom. The van der Waals surface area contributed by atoms with E-state index in [1.54, 1.807) is 0 Å². The highest BCUT2D eigenvalue weighted by molar-refractivity contribution is 6.26. The Hall–Kier alpha value is -9.30. The second-order valence-electron chi connectivity index (χ2n) is 20.0. The Labute approximate surface area is 454 Å². The second kappa shape index (κ2) is 21.5. The number of allylic oxidation sites excluding steroid dienone is 9. The molecule has 0 bridgehead atoms. The topological polar surface area (TPSA) is 3.24 Å². The number of benzene rings is 11. The number of hydrogen-bond acceptors (Lipinski definition) is 1. The summed E-state index contributed by atoms with van der Waals surface area (Å²) in [7, 11) is 0. The van der Waals surface area contributed by atoms with Crippen molar-refractivity contribution in [2.24, 2.45) is 0 Å². The predicted molar refractivity (Wildman–Crippen MR) is 331 cm³/mol. The zero-order valence-corrected chi connectivity index (χ0v) is 43.9. The molecule has 1 aliphatic rings. The molecule has 1 nitrogen and oxygen atoms in total. The van der Waals surface area contributed by atoms with Gasteiger partial charge in [0, 0.05) is 16.9 Å². The second-order valence-corrected chi connectivity index (χ2v) is 20.0. The first kappa shape index (κ1) is 48.6. The fourth-order valence-corrected chi connectivity index (χ4v) is 12.1. The quantitative estimate of drug-likeness (QED) is 0.0775. The summed E-state index contributed by atoms with van der Waals surface area (Å²) in [5.41, 5.74) is 18.3. The normalized spacial score (nSPS) is 14.2. The van der Waals surface area contributed by atoms with Gasteiger partial charge in [-0.05, 0) is 161 Å². The van der Waals surface area contributed by atoms with Crippen molar-refractivity contribution in [3.63, 3.8) is 0 Å². The van der Waals surface area contributed by atoms with Gasteiger partial charge in [0.05, 0.1) is 11.1 Å². The summed E-state index contributed by atoms with van der Waals surface area (Å²) in [6.07, 6.45) is 16.3. The summed E-state index contributed by atoms with van der Waals surface area (Å²) in [5, 5.41) is 7.51. The van der Waals surface area contributed by atoms with Gasteiger partial charge in [-0.3, -0.25) is 0 Å². The number of rotatable bonds is 14. The molecule has 77 heavy (non-hydrogen) atoms. The molecule has 0 radical (unpaired) electrons. The van der Waals surface area contributed by atoms with Crippen molar-refractivity contribution in [3.8, 4) is 22.3 Å². The first-order valence-electron chi connectivity index (χ1n) is 27.2. The summed E-state index contributed by atoms with van der Waals surface area (Å²) in [6.45, 7) is 8.82. The van der Waals surface area contributed by atoms with Crippen molar-refractivity contribution in [2.45, 2.75) is 38.5 Å². The van der Waals surface area contributed by atoms with Crippen LogP contribution in [0.4, 0.5) is 17.1 Å². The SMILES string of the molecule is C=C/C=C1\C(=C/CC)C(c2ccccc2)(c2ccccc2)c2cc(N(c3ccc(C(/C=C\Cc4ccccc4)=C/CC)cc3)c3ccc(-c4ccccc4)cc3)c(-c3ccc4c5ccccc5c5ccccc5c4c3)cc21. The van der Waals surface area contributed by atoms with Crippen LogP contribution in [0, 0.1) is 0 Å². The molecule has 0 N–H and O–H groups in total. The van der Waals surface area contributed by atoms with Crippen LogP contribution in [0.2, 0.25) is 0 Å². The molecular weight excluding hydrogens is 927 g/mol. The van der Waals surface area contributed by atoms with Crippen LogP contribution in [0.25, 0.3) is 65.7 Å². The lowest BCUT2D eigenvalue weighted by Crippen LogP contribution is -2.29. The molecule has 11 aromatic rings. The van der Waals surface area contributed by atoms with Crippen molar-refractivity contribution >= 4 is 60.5 Å². The number of anilines is 3. The maximum absolute atomic E-state index is 4.35. The highest BCUT2D eigenvalue weighted by Gasteiger charge is 2.48. The minimum Gasteiger partial charge on any atom is -0.310 e. The van der Waals surface area contributed by atoms with Gasteiger partial charge in [0.15, 0.2) is 0 Å². The minimum atomic E-state index is -0.646. The maximum Gasteiger partial charge on any atom is 0.0711 e. The van der Waals surface area contributed by atoms with E-state index < -0.39 is 5.41 Å². The Morgan fingerprint density at radius 1 is 0.468 bits per heavy atom. The van der Waals surface area contributed by atoms with Crippen LogP contribution in [0.3, 0.4) is 0 Å². The molecule has 0 unspecified atom stereocenters. The summed E-state index contributed by atoms with van der Waals surface area (Å²) in [6, 6.07) is 92.1. The maximum atomic E-state index is 4.35. The van der Waals surface area contributed by atoms with E-state index in [1.165, 1.54) is 93.5 Å². The number of fused-ring (bicyclic) bond motifs is 7. The minimum absolute atomic E-state index is 0.646. The molecule has 0 saturated heterocycles. The first-order valence-corrected chi connectivity index (χ1v) is 27.2. The monoisotopic (exact) mass is 987 g/mol. The summed E-state index contributed by atoms with van der Waals surface area (Å²) in [5.74, 6) is 0. The van der Waals surface area contributed by atoms with Gasteiger partial charge in [0.2, 0.25) is 0 Å². The van der Waals surface area contributed by atoms with Crippen molar-refractivity contribution in [2.75, 3.05) is 4.90 Å². The lowest BCUT2D eigenvalue weighted by atomic mass is 9.67. The molecule has 0 spiro atoms. The van der Waals surface area contributed by atoms with E-state index in [0.29, 0.717) is 0 Å². The van der Waals surface area contributed by atoms with Gasteiger partial charge in [-0.1, -0.05) is 263 Å². The molecule has 370 valence electrons. The molecule has 0 heterocycles. The molecule has 1 heteroatoms. The highest BCUT2D eigenvalue weighted by atomic mass is 15.1. The van der Waals surface area contributed by atoms with Gasteiger partial charge in [0.25, 0.3) is 0 Å². The van der Waals surface area contributed by atoms with Crippen LogP contribution in [-0.2, 0) is 11.8 Å². The molecule has 12 rings (SSSR count). The van der Waals surface area contributed by atoms with Gasteiger partial charge < -0.3 is 4.90 Å². The van der Waals surface area contributed by atoms with E-state index in [4.69, 9.17) is 0 Å². The van der Waals surface area contributed by atoms with Gasteiger partial charge in [-0.15, -0.1) is 0 Å². The smallest absolute Gasteiger partial charge is 0.0711 e. The molecule has 0 atom stereocenters. The summed E-state index contributed by atoms with van der Waals surface area (Å²) < 4.78 is 0. The van der Waals surface area contributed by atoms with Crippen LogP contribution in [0.1, 0.15) is 60.1 Å². The molecule has 0 amide bonds. The predicted octanol–water partition coefficient (Wildman–Crippen LogP) is 20.8. The van der Waals surface area contributed by atoms with Crippen molar-refractivity contribution < 1.29 is 0 Å². The summed E-state index contributed by atoms with van der Waals surface area (Å²) in [4.78, 5) is 2.50. The van der Waals surface area contributed by atoms with E-state index in [2.05, 4.69) is 304 Å². The summed E-state index contributed by atoms with van der Waals surface area (Å²) >= 11 is 0. The van der Waals surface area contributed by atoms with E-state index in [9.17, 15) is 0 Å². The van der Waals surface area contributed by atoms with Gasteiger partial charge in [-0.2, -0.15) is 0 Å². The third kappa shape index (κ3) is 8.94. The first-order chi connectivity index (χ1) is 38.1. The fourth-order valence-electron chi connectivity index (χ4n) is 12.1. The molecule has 1 aliphatic carbocycles. The van der Waals surface area contributed by atoms with Crippen LogP contribution in [-0.4, -0.2) is 0 Å². The van der Waals surface area contributed by atoms with E-state index in [0.717, 1.165) is 47.5 Å². The van der Waals surface area contributed by atoms with Crippen LogP contribution in [0.15, 0.2) is 297 Å². The molecule has 0 fully saturated rings. The van der Waals surface area contributed by atoms with Gasteiger partial charge >= 0.3 is 0 Å². The Bertz CT molecular complexity index is 3970. The Kier molecular flexibility index (Phi) is 13.6. The van der Waals surface area contributed by atoms with Crippen molar-refractivity contribution in [3.05, 3.63) is 331 Å². The Balaban J connectivity index is 1.16. The van der Waals surface area contributed by atoms with Gasteiger partial charge in [-0.25, -0.2) is 0 Å². The van der Waals surface area contributed by atoms with Crippen LogP contribution < -0.4 is 4.90 Å². The molecule has 11 aromatic carbocycles. The zero-order valence-electron chi connectivity index (χ0n) is 43.9. The largest absolute Gasteiger partial charge is 0.310 e. The zero-order chi connectivity index (χ0) is 52.1. The average Bonchev–Trinajstić information content (AvgIpc) is 3.92. The van der Waals surface area contributed by atoms with Gasteiger partial charge in [0.1, 0.15) is 0 Å². The number of hydrogen-bond donors (Lipinski definition) is 0. The van der Waals surface area contributed by atoms with E-state index >= 15 is 0 Å². The lowest BCUT2D eigenvalue weighted by Gasteiger charge is -2.36. The Morgan fingerprint density at radius 2 is 0.974 bits per heavy atom. The molecule has 0 aromatic heterocycles. The average molecular weight is 988 g/mol. The van der Waals surface area contributed by atoms with Crippen LogP contribution >= 0.6 is 0 Å². The molecule has 0 aliphatic heterocycles. The van der Waals surface area contributed by atoms with E-state index in [1.807, 2.05) is 6.08 Å².